The molecule has 0 spiro atoms. The molecule has 0 aliphatic heterocycles. The molecule has 0 aliphatic rings. The Bertz CT molecular complexity index is 796. The summed E-state index contributed by atoms with van der Waals surface area (Å²) < 4.78 is 9.12. The van der Waals surface area contributed by atoms with E-state index in [2.05, 4.69) is 27.2 Å². The van der Waals surface area contributed by atoms with Crippen molar-refractivity contribution in [1.29, 1.82) is 0 Å². The van der Waals surface area contributed by atoms with Crippen molar-refractivity contribution in [2.45, 2.75) is 19.6 Å². The third-order valence-corrected chi connectivity index (χ3v) is 4.55. The summed E-state index contributed by atoms with van der Waals surface area (Å²) in [6.07, 6.45) is 3.95. The van der Waals surface area contributed by atoms with Crippen molar-refractivity contribution in [3.8, 4) is 5.75 Å². The van der Waals surface area contributed by atoms with Crippen LogP contribution in [0.4, 0.5) is 0 Å². The molecule has 3 rings (SSSR count). The van der Waals surface area contributed by atoms with Gasteiger partial charge in [0.05, 0.1) is 0 Å². The van der Waals surface area contributed by atoms with Gasteiger partial charge < -0.3 is 9.30 Å². The Kier molecular flexibility index (Phi) is 5.33. The van der Waals surface area contributed by atoms with Gasteiger partial charge in [-0.3, -0.25) is 4.79 Å². The van der Waals surface area contributed by atoms with Crippen LogP contribution in [-0.4, -0.2) is 15.3 Å². The predicted octanol–water partition coefficient (Wildman–Crippen LogP) is 4.86. The number of fused-ring (bicyclic) bond motifs is 1. The molecule has 4 heteroatoms. The topological polar surface area (TPSA) is 31.2 Å². The van der Waals surface area contributed by atoms with Gasteiger partial charge in [0.15, 0.2) is 6.29 Å². The maximum atomic E-state index is 11.3. The Morgan fingerprint density at radius 2 is 1.96 bits per heavy atom. The third-order valence-electron chi connectivity index (χ3n) is 3.79. The van der Waals surface area contributed by atoms with Crippen molar-refractivity contribution < 1.29 is 9.53 Å². The molecule has 0 radical (unpaired) electrons. The van der Waals surface area contributed by atoms with E-state index in [-0.39, 0.29) is 0 Å². The average molecular weight is 419 g/mol. The number of hydrogen-bond donors (Lipinski definition) is 0. The van der Waals surface area contributed by atoms with Crippen molar-refractivity contribution >= 4 is 39.8 Å². The van der Waals surface area contributed by atoms with E-state index in [1.54, 1.807) is 0 Å². The highest BCUT2D eigenvalue weighted by Gasteiger charge is 2.09. The number of carbonyl (C=O) groups is 1. The third kappa shape index (κ3) is 3.75. The van der Waals surface area contributed by atoms with Gasteiger partial charge in [0.25, 0.3) is 0 Å². The molecule has 0 aliphatic carbocycles. The molecule has 0 amide bonds. The summed E-state index contributed by atoms with van der Waals surface area (Å²) in [4.78, 5) is 11.3. The van der Waals surface area contributed by atoms with Crippen molar-refractivity contribution in [1.82, 2.24) is 4.57 Å². The summed E-state index contributed by atoms with van der Waals surface area (Å²) in [5, 5.41) is 0.957. The lowest BCUT2D eigenvalue weighted by Crippen LogP contribution is -1.97. The standard InChI is InChI=1S/C19H18INO2/c20-9-4-10-21-12-16(13-22)18-11-17(7-8-19(18)21)23-14-15-5-2-1-3-6-15/h1-3,5-8,11-13H,4,9-10,14H2. The van der Waals surface area contributed by atoms with E-state index in [9.17, 15) is 4.79 Å². The maximum Gasteiger partial charge on any atom is 0.152 e. The van der Waals surface area contributed by atoms with Gasteiger partial charge in [-0.15, -0.1) is 0 Å². The highest BCUT2D eigenvalue weighted by molar-refractivity contribution is 14.1. The molecule has 0 unspecified atom stereocenters. The molecule has 1 aromatic heterocycles. The normalized spacial score (nSPS) is 10.8. The zero-order chi connectivity index (χ0) is 16.1. The van der Waals surface area contributed by atoms with Crippen molar-refractivity contribution in [3.05, 3.63) is 65.9 Å². The second-order valence-electron chi connectivity index (χ2n) is 5.39. The number of hydrogen-bond acceptors (Lipinski definition) is 2. The van der Waals surface area contributed by atoms with Crippen LogP contribution in [0.1, 0.15) is 22.3 Å². The Labute approximate surface area is 149 Å². The first kappa shape index (κ1) is 16.1. The van der Waals surface area contributed by atoms with Gasteiger partial charge in [-0.1, -0.05) is 52.9 Å². The first-order valence-corrected chi connectivity index (χ1v) is 9.15. The van der Waals surface area contributed by atoms with E-state index in [0.29, 0.717) is 6.61 Å². The van der Waals surface area contributed by atoms with Gasteiger partial charge >= 0.3 is 0 Å². The SMILES string of the molecule is O=Cc1cn(CCCI)c2ccc(OCc3ccccc3)cc12. The number of benzene rings is 2. The second kappa shape index (κ2) is 7.64. The quantitative estimate of drug-likeness (QED) is 0.311. The largest absolute Gasteiger partial charge is 0.489 e. The number of carbonyl (C=O) groups excluding carboxylic acids is 1. The molecule has 1 heterocycles. The summed E-state index contributed by atoms with van der Waals surface area (Å²) in [5.74, 6) is 0.788. The Hall–Kier alpha value is -1.82. The molecule has 23 heavy (non-hydrogen) atoms. The smallest absolute Gasteiger partial charge is 0.152 e. The highest BCUT2D eigenvalue weighted by atomic mass is 127. The Morgan fingerprint density at radius 1 is 1.13 bits per heavy atom. The van der Waals surface area contributed by atoms with Crippen LogP contribution in [0.5, 0.6) is 5.75 Å². The van der Waals surface area contributed by atoms with E-state index in [1.807, 2.05) is 54.7 Å². The number of aldehydes is 1. The van der Waals surface area contributed by atoms with E-state index < -0.39 is 0 Å². The van der Waals surface area contributed by atoms with Crippen LogP contribution >= 0.6 is 22.6 Å². The maximum absolute atomic E-state index is 11.3. The number of aromatic nitrogens is 1. The molecule has 0 N–H and O–H groups in total. The van der Waals surface area contributed by atoms with Gasteiger partial charge in [-0.25, -0.2) is 0 Å². The predicted molar refractivity (Wildman–Crippen MR) is 102 cm³/mol. The van der Waals surface area contributed by atoms with Gasteiger partial charge in [-0.05, 0) is 30.2 Å². The monoisotopic (exact) mass is 419 g/mol. The first-order chi connectivity index (χ1) is 11.3. The highest BCUT2D eigenvalue weighted by Crippen LogP contribution is 2.26. The Morgan fingerprint density at radius 3 is 2.70 bits per heavy atom. The zero-order valence-electron chi connectivity index (χ0n) is 12.7. The molecule has 3 aromatic rings. The first-order valence-electron chi connectivity index (χ1n) is 7.62. The van der Waals surface area contributed by atoms with Gasteiger partial charge in [0.2, 0.25) is 0 Å². The lowest BCUT2D eigenvalue weighted by atomic mass is 10.2. The molecule has 0 atom stereocenters. The summed E-state index contributed by atoms with van der Waals surface area (Å²) in [6, 6.07) is 16.0. The molecule has 3 nitrogen and oxygen atoms in total. The summed E-state index contributed by atoms with van der Waals surface area (Å²) in [7, 11) is 0. The lowest BCUT2D eigenvalue weighted by Gasteiger charge is -2.08. The van der Waals surface area contributed by atoms with Gasteiger partial charge in [0, 0.05) is 33.6 Å². The minimum Gasteiger partial charge on any atom is -0.489 e. The van der Waals surface area contributed by atoms with Crippen LogP contribution in [-0.2, 0) is 13.2 Å². The van der Waals surface area contributed by atoms with Crippen molar-refractivity contribution in [3.63, 3.8) is 0 Å². The number of halogens is 1. The van der Waals surface area contributed by atoms with Crippen LogP contribution in [0, 0.1) is 0 Å². The summed E-state index contributed by atoms with van der Waals surface area (Å²) >= 11 is 2.37. The molecular formula is C19H18INO2. The minimum atomic E-state index is 0.526. The molecule has 0 fully saturated rings. The van der Waals surface area contributed by atoms with Crippen LogP contribution in [0.25, 0.3) is 10.9 Å². The number of aryl methyl sites for hydroxylation is 1. The van der Waals surface area contributed by atoms with E-state index in [1.165, 1.54) is 0 Å². The molecule has 118 valence electrons. The summed E-state index contributed by atoms with van der Waals surface area (Å²) in [6.45, 7) is 1.45. The molecule has 0 saturated heterocycles. The number of rotatable bonds is 7. The summed E-state index contributed by atoms with van der Waals surface area (Å²) in [5.41, 5.74) is 2.94. The molecule has 2 aromatic carbocycles. The molecular weight excluding hydrogens is 401 g/mol. The van der Waals surface area contributed by atoms with Crippen LogP contribution in [0.2, 0.25) is 0 Å². The zero-order valence-corrected chi connectivity index (χ0v) is 14.9. The molecule has 0 bridgehead atoms. The lowest BCUT2D eigenvalue weighted by molar-refractivity contribution is 0.112. The second-order valence-corrected chi connectivity index (χ2v) is 6.47. The van der Waals surface area contributed by atoms with Crippen molar-refractivity contribution in [2.24, 2.45) is 0 Å². The number of alkyl halides is 1. The van der Waals surface area contributed by atoms with Gasteiger partial charge in [0.1, 0.15) is 12.4 Å². The fraction of sp³-hybridized carbons (Fsp3) is 0.211. The number of nitrogens with zero attached hydrogens (tertiary/aromatic N) is 1. The molecule has 0 saturated carbocycles. The fourth-order valence-corrected chi connectivity index (χ4v) is 2.98. The van der Waals surface area contributed by atoms with E-state index in [0.717, 1.165) is 51.5 Å². The number of ether oxygens (including phenoxy) is 1. The van der Waals surface area contributed by atoms with Crippen molar-refractivity contribution in [2.75, 3.05) is 4.43 Å². The van der Waals surface area contributed by atoms with E-state index in [4.69, 9.17) is 4.74 Å². The van der Waals surface area contributed by atoms with Crippen LogP contribution in [0.15, 0.2) is 54.7 Å². The Balaban J connectivity index is 1.84. The fourth-order valence-electron chi connectivity index (χ4n) is 2.64. The van der Waals surface area contributed by atoms with Gasteiger partial charge in [-0.2, -0.15) is 0 Å². The van der Waals surface area contributed by atoms with Crippen LogP contribution < -0.4 is 4.74 Å². The van der Waals surface area contributed by atoms with Crippen LogP contribution in [0.3, 0.4) is 0 Å². The average Bonchev–Trinajstić information content (AvgIpc) is 2.96. The van der Waals surface area contributed by atoms with E-state index >= 15 is 0 Å². The minimum absolute atomic E-state index is 0.526.